The molecule has 0 radical (unpaired) electrons. The Morgan fingerprint density at radius 3 is 2.75 bits per heavy atom. The summed E-state index contributed by atoms with van der Waals surface area (Å²) in [7, 11) is -3.78. The Morgan fingerprint density at radius 2 is 2.25 bits per heavy atom. The van der Waals surface area contributed by atoms with Crippen molar-refractivity contribution in [3.63, 3.8) is 0 Å². The van der Waals surface area contributed by atoms with Crippen molar-refractivity contribution < 1.29 is 17.1 Å². The third-order valence-corrected chi connectivity index (χ3v) is 1.81. The zero-order valence-electron chi connectivity index (χ0n) is 8.21. The molecule has 0 aliphatic heterocycles. The molecule has 0 heterocycles. The maximum absolute atomic E-state index is 12.8. The van der Waals surface area contributed by atoms with Gasteiger partial charge in [-0.25, -0.2) is 4.39 Å². The van der Waals surface area contributed by atoms with Gasteiger partial charge in [0.2, 0.25) is 0 Å². The van der Waals surface area contributed by atoms with Gasteiger partial charge in [-0.2, -0.15) is 13.7 Å². The van der Waals surface area contributed by atoms with Crippen LogP contribution in [0.5, 0.6) is 0 Å². The van der Waals surface area contributed by atoms with E-state index in [2.05, 4.69) is 9.44 Å². The second kappa shape index (κ2) is 4.72. The van der Waals surface area contributed by atoms with E-state index in [1.54, 1.807) is 6.07 Å². The first-order valence-corrected chi connectivity index (χ1v) is 5.86. The molecule has 0 saturated heterocycles. The summed E-state index contributed by atoms with van der Waals surface area (Å²) in [4.78, 5) is 0. The van der Waals surface area contributed by atoms with Crippen molar-refractivity contribution >= 4 is 15.8 Å². The lowest BCUT2D eigenvalue weighted by Gasteiger charge is -1.98. The van der Waals surface area contributed by atoms with E-state index < -0.39 is 15.9 Å². The molecule has 0 fully saturated rings. The summed E-state index contributed by atoms with van der Waals surface area (Å²) in [5.74, 6) is -0.556. The van der Waals surface area contributed by atoms with Gasteiger partial charge < -0.3 is 0 Å². The average Bonchev–Trinajstić information content (AvgIpc) is 2.17. The van der Waals surface area contributed by atoms with Gasteiger partial charge in [-0.15, -0.1) is 0 Å². The summed E-state index contributed by atoms with van der Waals surface area (Å²) >= 11 is 0. The Labute approximate surface area is 91.9 Å². The zero-order valence-corrected chi connectivity index (χ0v) is 9.03. The van der Waals surface area contributed by atoms with E-state index in [9.17, 15) is 12.8 Å². The molecule has 0 bridgehead atoms. The predicted molar refractivity (Wildman–Crippen MR) is 54.5 cm³/mol. The topological polar surface area (TPSA) is 79.5 Å². The number of nitrogens with zero attached hydrogens (tertiary/aromatic N) is 2. The smallest absolute Gasteiger partial charge is 0.267 e. The van der Waals surface area contributed by atoms with Gasteiger partial charge in [-0.05, 0) is 12.1 Å². The highest BCUT2D eigenvalue weighted by Crippen LogP contribution is 2.05. The van der Waals surface area contributed by atoms with E-state index in [-0.39, 0.29) is 11.3 Å². The molecular weight excluding hydrogens is 235 g/mol. The van der Waals surface area contributed by atoms with Crippen molar-refractivity contribution in [3.8, 4) is 6.07 Å². The van der Waals surface area contributed by atoms with Crippen LogP contribution in [0.4, 0.5) is 4.39 Å². The number of nitriles is 1. The number of benzene rings is 1. The van der Waals surface area contributed by atoms with Gasteiger partial charge in [0.05, 0.1) is 6.26 Å². The Hall–Kier alpha value is -1.94. The molecule has 1 aromatic carbocycles. The van der Waals surface area contributed by atoms with Gasteiger partial charge >= 0.3 is 10.1 Å². The molecule has 7 heteroatoms. The summed E-state index contributed by atoms with van der Waals surface area (Å²) in [6.07, 6.45) is 0.789. The molecule has 16 heavy (non-hydrogen) atoms. The van der Waals surface area contributed by atoms with E-state index >= 15 is 0 Å². The maximum atomic E-state index is 12.8. The van der Waals surface area contributed by atoms with Crippen molar-refractivity contribution in [2.24, 2.45) is 5.16 Å². The van der Waals surface area contributed by atoms with Crippen LogP contribution in [-0.4, -0.2) is 20.4 Å². The molecule has 1 aromatic rings. The lowest BCUT2D eigenvalue weighted by molar-refractivity contribution is 0.344. The van der Waals surface area contributed by atoms with Crippen LogP contribution in [0.15, 0.2) is 29.4 Å². The van der Waals surface area contributed by atoms with E-state index in [0.29, 0.717) is 0 Å². The van der Waals surface area contributed by atoms with E-state index in [0.717, 1.165) is 12.3 Å². The second-order valence-electron chi connectivity index (χ2n) is 2.84. The summed E-state index contributed by atoms with van der Waals surface area (Å²) in [5, 5.41) is 11.8. The lowest BCUT2D eigenvalue weighted by atomic mass is 10.1. The summed E-state index contributed by atoms with van der Waals surface area (Å²) in [5.41, 5.74) is -0.170. The van der Waals surface area contributed by atoms with Gasteiger partial charge in [-0.3, -0.25) is 4.28 Å². The number of oxime groups is 1. The highest BCUT2D eigenvalue weighted by atomic mass is 32.2. The van der Waals surface area contributed by atoms with Gasteiger partial charge in [0, 0.05) is 5.56 Å². The van der Waals surface area contributed by atoms with E-state index in [1.807, 2.05) is 0 Å². The summed E-state index contributed by atoms with van der Waals surface area (Å²) in [6.45, 7) is 0. The van der Waals surface area contributed by atoms with Crippen LogP contribution in [0, 0.1) is 17.1 Å². The van der Waals surface area contributed by atoms with Crippen LogP contribution >= 0.6 is 0 Å². The van der Waals surface area contributed by atoms with E-state index in [4.69, 9.17) is 5.26 Å². The molecule has 0 unspecified atom stereocenters. The normalized spacial score (nSPS) is 11.9. The SMILES string of the molecule is CS(=O)(=O)O/N=C(\C#N)c1cccc(F)c1. The summed E-state index contributed by atoms with van der Waals surface area (Å²) < 4.78 is 38.2. The zero-order chi connectivity index (χ0) is 12.2. The van der Waals surface area contributed by atoms with Crippen molar-refractivity contribution in [1.29, 1.82) is 5.26 Å². The van der Waals surface area contributed by atoms with Crippen LogP contribution in [0.2, 0.25) is 0 Å². The molecule has 0 aliphatic rings. The predicted octanol–water partition coefficient (Wildman–Crippen LogP) is 1.03. The molecule has 1 rings (SSSR count). The van der Waals surface area contributed by atoms with Gasteiger partial charge in [0.1, 0.15) is 11.9 Å². The fourth-order valence-electron chi connectivity index (χ4n) is 0.878. The van der Waals surface area contributed by atoms with Crippen LogP contribution in [-0.2, 0) is 14.4 Å². The molecule has 0 N–H and O–H groups in total. The number of halogens is 1. The van der Waals surface area contributed by atoms with Crippen molar-refractivity contribution in [2.75, 3.05) is 6.26 Å². The molecule has 5 nitrogen and oxygen atoms in total. The number of rotatable bonds is 3. The Balaban J connectivity index is 3.05. The number of hydrogen-bond acceptors (Lipinski definition) is 5. The molecule has 84 valence electrons. The lowest BCUT2D eigenvalue weighted by Crippen LogP contribution is -2.03. The first kappa shape index (κ1) is 12.1. The fourth-order valence-corrected chi connectivity index (χ4v) is 1.09. The van der Waals surface area contributed by atoms with Crippen LogP contribution in [0.3, 0.4) is 0 Å². The first-order chi connectivity index (χ1) is 7.42. The Kier molecular flexibility index (Phi) is 3.58. The van der Waals surface area contributed by atoms with Gasteiger partial charge in [0.15, 0.2) is 5.71 Å². The molecule has 0 amide bonds. The number of hydrogen-bond donors (Lipinski definition) is 0. The minimum absolute atomic E-state index is 0.145. The molecule has 0 spiro atoms. The molecule has 0 aromatic heterocycles. The third-order valence-electron chi connectivity index (χ3n) is 1.47. The quantitative estimate of drug-likeness (QED) is 0.585. The first-order valence-electron chi connectivity index (χ1n) is 4.05. The van der Waals surface area contributed by atoms with Crippen LogP contribution in [0.25, 0.3) is 0 Å². The van der Waals surface area contributed by atoms with Gasteiger partial charge in [0.25, 0.3) is 0 Å². The highest BCUT2D eigenvalue weighted by molar-refractivity contribution is 7.85. The minimum atomic E-state index is -3.78. The van der Waals surface area contributed by atoms with Crippen molar-refractivity contribution in [1.82, 2.24) is 0 Å². The monoisotopic (exact) mass is 242 g/mol. The highest BCUT2D eigenvalue weighted by Gasteiger charge is 2.07. The molecule has 0 aliphatic carbocycles. The molecule has 0 atom stereocenters. The second-order valence-corrected chi connectivity index (χ2v) is 4.40. The molecular formula is C9H7FN2O3S. The Bertz CT molecular complexity index is 560. The van der Waals surface area contributed by atoms with Crippen LogP contribution < -0.4 is 0 Å². The average molecular weight is 242 g/mol. The van der Waals surface area contributed by atoms with Crippen LogP contribution in [0.1, 0.15) is 5.56 Å². The van der Waals surface area contributed by atoms with Gasteiger partial charge in [-0.1, -0.05) is 17.3 Å². The summed E-state index contributed by atoms with van der Waals surface area (Å²) in [6, 6.07) is 6.64. The molecule has 0 saturated carbocycles. The fraction of sp³-hybridized carbons (Fsp3) is 0.111. The Morgan fingerprint density at radius 1 is 1.56 bits per heavy atom. The third kappa shape index (κ3) is 3.67. The van der Waals surface area contributed by atoms with E-state index in [1.165, 1.54) is 18.2 Å². The minimum Gasteiger partial charge on any atom is -0.267 e. The maximum Gasteiger partial charge on any atom is 0.325 e. The largest absolute Gasteiger partial charge is 0.325 e. The standard InChI is InChI=1S/C9H7FN2O3S/c1-16(13,14)15-12-9(6-11)7-3-2-4-8(10)5-7/h2-5H,1H3/b12-9+. The van der Waals surface area contributed by atoms with Crippen molar-refractivity contribution in [3.05, 3.63) is 35.6 Å². The van der Waals surface area contributed by atoms with Crippen molar-refractivity contribution in [2.45, 2.75) is 0 Å².